The molecule has 3 aliphatic rings. The largest absolute Gasteiger partial charge is 0.315 e. The van der Waals surface area contributed by atoms with Gasteiger partial charge in [0.15, 0.2) is 0 Å². The van der Waals surface area contributed by atoms with Gasteiger partial charge in [-0.25, -0.2) is 5.06 Å². The highest BCUT2D eigenvalue weighted by Crippen LogP contribution is 2.48. The Bertz CT molecular complexity index is 218. The van der Waals surface area contributed by atoms with E-state index < -0.39 is 0 Å². The van der Waals surface area contributed by atoms with Crippen molar-refractivity contribution in [1.29, 1.82) is 0 Å². The minimum atomic E-state index is -0.145. The van der Waals surface area contributed by atoms with Gasteiger partial charge in [-0.3, -0.25) is 9.63 Å². The second-order valence-corrected chi connectivity index (χ2v) is 4.17. The Hall–Kier alpha value is -0.610. The van der Waals surface area contributed by atoms with Gasteiger partial charge in [-0.2, -0.15) is 0 Å². The Morgan fingerprint density at radius 1 is 1.62 bits per heavy atom. The van der Waals surface area contributed by atoms with Gasteiger partial charge in [0.05, 0.1) is 12.5 Å². The summed E-state index contributed by atoms with van der Waals surface area (Å²) in [5.74, 6) is 0.835. The number of amides is 1. The van der Waals surface area contributed by atoms with Gasteiger partial charge < -0.3 is 5.32 Å². The zero-order valence-corrected chi connectivity index (χ0v) is 8.17. The highest BCUT2D eigenvalue weighted by Gasteiger charge is 2.53. The van der Waals surface area contributed by atoms with Crippen molar-refractivity contribution in [3.05, 3.63) is 0 Å². The number of nitrogens with zero attached hydrogens (tertiary/aromatic N) is 1. The number of hydrogen-bond donors (Lipinski definition) is 1. The Kier molecular flexibility index (Phi) is 2.04. The zero-order chi connectivity index (χ0) is 9.47. The van der Waals surface area contributed by atoms with Crippen LogP contribution in [0.4, 0.5) is 0 Å². The molecule has 0 aromatic carbocycles. The molecule has 0 spiro atoms. The minimum Gasteiger partial charge on any atom is -0.315 e. The highest BCUT2D eigenvalue weighted by molar-refractivity contribution is 5.83. The molecule has 0 atom stereocenters. The molecule has 2 saturated heterocycles. The molecule has 2 heterocycles. The van der Waals surface area contributed by atoms with Gasteiger partial charge in [-0.15, -0.1) is 0 Å². The molecule has 4 heteroatoms. The summed E-state index contributed by atoms with van der Waals surface area (Å²) in [7, 11) is 3.21. The molecule has 0 aromatic heterocycles. The average molecular weight is 184 g/mol. The summed E-state index contributed by atoms with van der Waals surface area (Å²) in [6.45, 7) is 1.89. The molecule has 13 heavy (non-hydrogen) atoms. The number of hydrogen-bond acceptors (Lipinski definition) is 3. The number of hydroxylamine groups is 2. The summed E-state index contributed by atoms with van der Waals surface area (Å²) < 4.78 is 0. The third kappa shape index (κ3) is 1.25. The van der Waals surface area contributed by atoms with Crippen LogP contribution in [0, 0.1) is 11.3 Å². The van der Waals surface area contributed by atoms with E-state index >= 15 is 0 Å². The number of carbonyl (C=O) groups is 1. The van der Waals surface area contributed by atoms with Crippen LogP contribution < -0.4 is 5.32 Å². The summed E-state index contributed by atoms with van der Waals surface area (Å²) in [5, 5.41) is 4.63. The molecule has 2 bridgehead atoms. The standard InChI is InChI=1S/C9H16N2O2/c1-11(13-2)8(12)9-3-7(4-9)5-10-6-9/h7,10H,3-6H2,1-2H3. The Balaban J connectivity index is 2.03. The number of nitrogens with one attached hydrogen (secondary N) is 1. The van der Waals surface area contributed by atoms with Crippen molar-refractivity contribution in [2.45, 2.75) is 12.8 Å². The lowest BCUT2D eigenvalue weighted by Crippen LogP contribution is -2.61. The van der Waals surface area contributed by atoms with Crippen LogP contribution in [0.5, 0.6) is 0 Å². The monoisotopic (exact) mass is 184 g/mol. The lowest BCUT2D eigenvalue weighted by molar-refractivity contribution is -0.191. The molecular formula is C9H16N2O2. The predicted octanol–water partition coefficient (Wildman–Crippen LogP) is 0.00580. The van der Waals surface area contributed by atoms with Crippen molar-refractivity contribution in [3.8, 4) is 0 Å². The van der Waals surface area contributed by atoms with Crippen molar-refractivity contribution in [3.63, 3.8) is 0 Å². The van der Waals surface area contributed by atoms with Crippen LogP contribution in [0.15, 0.2) is 0 Å². The molecule has 0 aromatic rings. The Labute approximate surface area is 78.2 Å². The molecule has 1 aliphatic carbocycles. The van der Waals surface area contributed by atoms with Crippen molar-refractivity contribution in [1.82, 2.24) is 10.4 Å². The highest BCUT2D eigenvalue weighted by atomic mass is 16.7. The summed E-state index contributed by atoms with van der Waals surface area (Å²) in [6.07, 6.45) is 2.07. The van der Waals surface area contributed by atoms with Crippen LogP contribution in [0.25, 0.3) is 0 Å². The SMILES string of the molecule is CON(C)C(=O)C12CNCC(C1)C2. The summed E-state index contributed by atoms with van der Waals surface area (Å²) in [5.41, 5.74) is -0.145. The van der Waals surface area contributed by atoms with E-state index in [0.29, 0.717) is 5.92 Å². The second kappa shape index (κ2) is 2.96. The third-order valence-corrected chi connectivity index (χ3v) is 3.27. The first-order chi connectivity index (χ1) is 6.18. The minimum absolute atomic E-state index is 0.124. The maximum absolute atomic E-state index is 11.8. The first-order valence-corrected chi connectivity index (χ1v) is 4.71. The van der Waals surface area contributed by atoms with Crippen LogP contribution in [0.2, 0.25) is 0 Å². The second-order valence-electron chi connectivity index (χ2n) is 4.17. The first-order valence-electron chi connectivity index (χ1n) is 4.71. The van der Waals surface area contributed by atoms with Crippen LogP contribution in [-0.4, -0.2) is 38.2 Å². The van der Waals surface area contributed by atoms with E-state index in [4.69, 9.17) is 4.84 Å². The van der Waals surface area contributed by atoms with E-state index in [1.165, 1.54) is 12.2 Å². The molecule has 1 saturated carbocycles. The van der Waals surface area contributed by atoms with E-state index in [-0.39, 0.29) is 11.3 Å². The van der Waals surface area contributed by atoms with Crippen LogP contribution >= 0.6 is 0 Å². The van der Waals surface area contributed by atoms with E-state index in [2.05, 4.69) is 5.32 Å². The summed E-state index contributed by atoms with van der Waals surface area (Å²) in [4.78, 5) is 16.8. The molecule has 1 N–H and O–H groups in total. The van der Waals surface area contributed by atoms with Crippen molar-refractivity contribution in [2.75, 3.05) is 27.2 Å². The van der Waals surface area contributed by atoms with Gasteiger partial charge in [-0.05, 0) is 25.3 Å². The molecule has 74 valence electrons. The van der Waals surface area contributed by atoms with Crippen LogP contribution in [-0.2, 0) is 9.63 Å². The maximum atomic E-state index is 11.8. The fraction of sp³-hybridized carbons (Fsp3) is 0.889. The van der Waals surface area contributed by atoms with Crippen molar-refractivity contribution >= 4 is 5.91 Å². The fourth-order valence-electron chi connectivity index (χ4n) is 2.52. The van der Waals surface area contributed by atoms with E-state index in [1.807, 2.05) is 0 Å². The number of fused-ring (bicyclic) bond motifs is 2. The number of carbonyl (C=O) groups excluding carboxylic acids is 1. The Morgan fingerprint density at radius 3 is 2.77 bits per heavy atom. The van der Waals surface area contributed by atoms with E-state index in [9.17, 15) is 4.79 Å². The quantitative estimate of drug-likeness (QED) is 0.614. The normalized spacial score (nSPS) is 36.6. The van der Waals surface area contributed by atoms with Gasteiger partial charge in [0.2, 0.25) is 0 Å². The topological polar surface area (TPSA) is 41.6 Å². The molecule has 1 amide bonds. The first kappa shape index (κ1) is 8.97. The van der Waals surface area contributed by atoms with Crippen molar-refractivity contribution < 1.29 is 9.63 Å². The molecule has 3 rings (SSSR count). The molecule has 3 fully saturated rings. The molecule has 0 radical (unpaired) electrons. The fourth-order valence-corrected chi connectivity index (χ4v) is 2.52. The predicted molar refractivity (Wildman–Crippen MR) is 47.8 cm³/mol. The molecule has 4 nitrogen and oxygen atoms in total. The zero-order valence-electron chi connectivity index (χ0n) is 8.17. The van der Waals surface area contributed by atoms with Gasteiger partial charge >= 0.3 is 0 Å². The van der Waals surface area contributed by atoms with E-state index in [0.717, 1.165) is 25.9 Å². The smallest absolute Gasteiger partial charge is 0.253 e. The molecule has 2 aliphatic heterocycles. The molecular weight excluding hydrogens is 168 g/mol. The molecule has 0 unspecified atom stereocenters. The van der Waals surface area contributed by atoms with Gasteiger partial charge in [0.1, 0.15) is 0 Å². The Morgan fingerprint density at radius 2 is 2.31 bits per heavy atom. The van der Waals surface area contributed by atoms with Crippen molar-refractivity contribution in [2.24, 2.45) is 11.3 Å². The van der Waals surface area contributed by atoms with Crippen LogP contribution in [0.1, 0.15) is 12.8 Å². The summed E-state index contributed by atoms with van der Waals surface area (Å²) in [6, 6.07) is 0. The van der Waals surface area contributed by atoms with Gasteiger partial charge in [0, 0.05) is 13.6 Å². The third-order valence-electron chi connectivity index (χ3n) is 3.27. The number of piperidine rings is 2. The van der Waals surface area contributed by atoms with Crippen LogP contribution in [0.3, 0.4) is 0 Å². The average Bonchev–Trinajstić information content (AvgIpc) is 2.15. The van der Waals surface area contributed by atoms with Gasteiger partial charge in [-0.1, -0.05) is 0 Å². The lowest BCUT2D eigenvalue weighted by atomic mass is 9.59. The lowest BCUT2D eigenvalue weighted by Gasteiger charge is -2.51. The number of rotatable bonds is 2. The van der Waals surface area contributed by atoms with Gasteiger partial charge in [0.25, 0.3) is 5.91 Å². The maximum Gasteiger partial charge on any atom is 0.253 e. The van der Waals surface area contributed by atoms with E-state index in [1.54, 1.807) is 7.05 Å². The summed E-state index contributed by atoms with van der Waals surface area (Å²) >= 11 is 0.